The van der Waals surface area contributed by atoms with Crippen LogP contribution in [0.5, 0.6) is 0 Å². The van der Waals surface area contributed by atoms with Crippen molar-refractivity contribution >= 4 is 34.9 Å². The fourth-order valence-corrected chi connectivity index (χ4v) is 3.57. The van der Waals surface area contributed by atoms with Crippen LogP contribution in [0.3, 0.4) is 0 Å². The number of nitrogens with one attached hydrogen (secondary N) is 1. The molecular formula is C25H19ClN2O6. The van der Waals surface area contributed by atoms with Crippen LogP contribution in [0.25, 0.3) is 0 Å². The maximum atomic E-state index is 13.1. The van der Waals surface area contributed by atoms with Gasteiger partial charge in [0.2, 0.25) is 6.10 Å². The predicted molar refractivity (Wildman–Crippen MR) is 124 cm³/mol. The zero-order chi connectivity index (χ0) is 24.2. The Balaban J connectivity index is 1.64. The molecule has 1 N–H and O–H groups in total. The Labute approximate surface area is 199 Å². The number of ketones is 1. The van der Waals surface area contributed by atoms with Crippen LogP contribution in [0, 0.1) is 10.1 Å². The zero-order valence-corrected chi connectivity index (χ0v) is 18.5. The van der Waals surface area contributed by atoms with E-state index < -0.39 is 34.4 Å². The summed E-state index contributed by atoms with van der Waals surface area (Å²) in [5.74, 6) is -1.93. The van der Waals surface area contributed by atoms with Crippen LogP contribution in [-0.4, -0.2) is 28.6 Å². The molecule has 34 heavy (non-hydrogen) atoms. The third kappa shape index (κ3) is 5.13. The van der Waals surface area contributed by atoms with E-state index in [9.17, 15) is 24.5 Å². The molecular weight excluding hydrogens is 460 g/mol. The summed E-state index contributed by atoms with van der Waals surface area (Å²) in [6, 6.07) is 18.2. The van der Waals surface area contributed by atoms with Gasteiger partial charge < -0.3 is 10.1 Å². The third-order valence-corrected chi connectivity index (χ3v) is 5.61. The molecule has 1 fully saturated rings. The van der Waals surface area contributed by atoms with Crippen molar-refractivity contribution in [1.29, 1.82) is 0 Å². The monoisotopic (exact) mass is 478 g/mol. The third-order valence-electron chi connectivity index (χ3n) is 5.29. The maximum absolute atomic E-state index is 13.1. The minimum atomic E-state index is -1.20. The van der Waals surface area contributed by atoms with Crippen molar-refractivity contribution in [3.05, 3.63) is 110 Å². The molecule has 1 unspecified atom stereocenters. The molecule has 0 aliphatic heterocycles. The van der Waals surface area contributed by atoms with E-state index in [0.29, 0.717) is 5.56 Å². The summed E-state index contributed by atoms with van der Waals surface area (Å²) in [6.07, 6.45) is 0.534. The molecule has 3 aromatic carbocycles. The maximum Gasteiger partial charge on any atom is 0.340 e. The Morgan fingerprint density at radius 1 is 0.971 bits per heavy atom. The van der Waals surface area contributed by atoms with Crippen LogP contribution in [0.15, 0.2) is 72.8 Å². The van der Waals surface area contributed by atoms with Crippen LogP contribution in [-0.2, 0) is 9.53 Å². The molecule has 4 rings (SSSR count). The SMILES string of the molecule is O=C(OC(C(=O)NC1CC1)c1ccccc1)c1ccccc1C(=O)c1ccc(Cl)c([N+](=O)[O-])c1. The average Bonchev–Trinajstić information content (AvgIpc) is 3.66. The van der Waals surface area contributed by atoms with E-state index >= 15 is 0 Å². The first kappa shape index (κ1) is 23.1. The average molecular weight is 479 g/mol. The van der Waals surface area contributed by atoms with E-state index in [1.807, 2.05) is 0 Å². The second-order valence-corrected chi connectivity index (χ2v) is 8.18. The molecule has 0 radical (unpaired) electrons. The number of nitro benzene ring substituents is 1. The molecule has 1 aliphatic carbocycles. The summed E-state index contributed by atoms with van der Waals surface area (Å²) < 4.78 is 5.59. The molecule has 3 aromatic rings. The van der Waals surface area contributed by atoms with Crippen LogP contribution >= 0.6 is 11.6 Å². The van der Waals surface area contributed by atoms with Gasteiger partial charge in [-0.1, -0.05) is 60.1 Å². The number of rotatable bonds is 8. The Hall–Kier alpha value is -4.04. The number of carbonyl (C=O) groups excluding carboxylic acids is 3. The molecule has 1 aliphatic rings. The quantitative estimate of drug-likeness (QED) is 0.218. The first-order chi connectivity index (χ1) is 16.3. The molecule has 0 saturated heterocycles. The molecule has 1 amide bonds. The van der Waals surface area contributed by atoms with Crippen molar-refractivity contribution in [3.8, 4) is 0 Å². The van der Waals surface area contributed by atoms with Crippen molar-refractivity contribution < 1.29 is 24.0 Å². The summed E-state index contributed by atoms with van der Waals surface area (Å²) in [6.45, 7) is 0. The molecule has 1 saturated carbocycles. The summed E-state index contributed by atoms with van der Waals surface area (Å²) in [4.78, 5) is 49.6. The van der Waals surface area contributed by atoms with Gasteiger partial charge in [0, 0.05) is 28.8 Å². The van der Waals surface area contributed by atoms with Gasteiger partial charge in [-0.25, -0.2) is 4.79 Å². The molecule has 0 heterocycles. The van der Waals surface area contributed by atoms with Gasteiger partial charge in [0.15, 0.2) is 5.78 Å². The number of nitrogens with zero attached hydrogens (tertiary/aromatic N) is 1. The minimum Gasteiger partial charge on any atom is -0.444 e. The molecule has 8 nitrogen and oxygen atoms in total. The van der Waals surface area contributed by atoms with Crippen molar-refractivity contribution in [2.24, 2.45) is 0 Å². The van der Waals surface area contributed by atoms with Crippen LogP contribution in [0.4, 0.5) is 5.69 Å². The Morgan fingerprint density at radius 2 is 1.62 bits per heavy atom. The Kier molecular flexibility index (Phi) is 6.70. The van der Waals surface area contributed by atoms with Crippen LogP contribution < -0.4 is 5.32 Å². The molecule has 9 heteroatoms. The highest BCUT2D eigenvalue weighted by Gasteiger charge is 2.32. The van der Waals surface area contributed by atoms with Gasteiger partial charge >= 0.3 is 5.97 Å². The number of nitro groups is 1. The van der Waals surface area contributed by atoms with E-state index in [2.05, 4.69) is 5.32 Å². The smallest absolute Gasteiger partial charge is 0.340 e. The minimum absolute atomic E-state index is 0.0116. The fraction of sp³-hybridized carbons (Fsp3) is 0.160. The number of halogens is 1. The van der Waals surface area contributed by atoms with Gasteiger partial charge in [0.25, 0.3) is 11.6 Å². The number of amides is 1. The van der Waals surface area contributed by atoms with E-state index in [0.717, 1.165) is 18.9 Å². The largest absolute Gasteiger partial charge is 0.444 e. The number of ether oxygens (including phenoxy) is 1. The molecule has 1 atom stereocenters. The molecule has 0 bridgehead atoms. The van der Waals surface area contributed by atoms with E-state index in [1.165, 1.54) is 24.3 Å². The van der Waals surface area contributed by atoms with Gasteiger partial charge in [-0.2, -0.15) is 0 Å². The van der Waals surface area contributed by atoms with Gasteiger partial charge in [0.05, 0.1) is 10.5 Å². The highest BCUT2D eigenvalue weighted by molar-refractivity contribution is 6.33. The fourth-order valence-electron chi connectivity index (χ4n) is 3.38. The molecule has 0 spiro atoms. The lowest BCUT2D eigenvalue weighted by molar-refractivity contribution is -0.384. The van der Waals surface area contributed by atoms with E-state index in [-0.39, 0.29) is 27.8 Å². The number of hydrogen-bond acceptors (Lipinski definition) is 6. The highest BCUT2D eigenvalue weighted by atomic mass is 35.5. The standard InChI is InChI=1S/C25H19ClN2O6/c26-20-13-10-16(14-21(20)28(32)33)22(29)18-8-4-5-9-19(18)25(31)34-23(15-6-2-1-3-7-15)24(30)27-17-11-12-17/h1-10,13-14,17,23H,11-12H2,(H,27,30). The lowest BCUT2D eigenvalue weighted by atomic mass is 9.98. The lowest BCUT2D eigenvalue weighted by Crippen LogP contribution is -2.33. The first-order valence-corrected chi connectivity index (χ1v) is 10.9. The zero-order valence-electron chi connectivity index (χ0n) is 17.8. The second-order valence-electron chi connectivity index (χ2n) is 7.78. The number of hydrogen-bond donors (Lipinski definition) is 1. The van der Waals surface area contributed by atoms with Gasteiger partial charge in [-0.05, 0) is 31.0 Å². The summed E-state index contributed by atoms with van der Waals surface area (Å²) in [7, 11) is 0. The Morgan fingerprint density at radius 3 is 2.26 bits per heavy atom. The van der Waals surface area contributed by atoms with Crippen LogP contribution in [0.2, 0.25) is 5.02 Å². The van der Waals surface area contributed by atoms with E-state index in [1.54, 1.807) is 42.5 Å². The topological polar surface area (TPSA) is 116 Å². The number of benzene rings is 3. The summed E-state index contributed by atoms with van der Waals surface area (Å²) in [5, 5.41) is 13.9. The molecule has 0 aromatic heterocycles. The van der Waals surface area contributed by atoms with Crippen molar-refractivity contribution in [2.45, 2.75) is 25.0 Å². The first-order valence-electron chi connectivity index (χ1n) is 10.5. The normalized spacial score (nSPS) is 13.6. The Bertz CT molecular complexity index is 1270. The van der Waals surface area contributed by atoms with Crippen LogP contribution in [0.1, 0.15) is 50.8 Å². The van der Waals surface area contributed by atoms with Gasteiger partial charge in [-0.3, -0.25) is 19.7 Å². The number of carbonyl (C=O) groups is 3. The predicted octanol–water partition coefficient (Wildman–Crippen LogP) is 4.66. The highest BCUT2D eigenvalue weighted by Crippen LogP contribution is 2.28. The van der Waals surface area contributed by atoms with Crippen molar-refractivity contribution in [3.63, 3.8) is 0 Å². The van der Waals surface area contributed by atoms with E-state index in [4.69, 9.17) is 16.3 Å². The van der Waals surface area contributed by atoms with Gasteiger partial charge in [0.1, 0.15) is 5.02 Å². The second kappa shape index (κ2) is 9.84. The van der Waals surface area contributed by atoms with Gasteiger partial charge in [-0.15, -0.1) is 0 Å². The van der Waals surface area contributed by atoms with Crippen molar-refractivity contribution in [2.75, 3.05) is 0 Å². The summed E-state index contributed by atoms with van der Waals surface area (Å²) >= 11 is 5.84. The lowest BCUT2D eigenvalue weighted by Gasteiger charge is -2.19. The molecule has 172 valence electrons. The number of esters is 1. The summed E-state index contributed by atoms with van der Waals surface area (Å²) in [5.41, 5.74) is -0.0224. The van der Waals surface area contributed by atoms with Crippen molar-refractivity contribution in [1.82, 2.24) is 5.32 Å².